The van der Waals surface area contributed by atoms with Crippen LogP contribution in [0.5, 0.6) is 0 Å². The number of hydrogen-bond acceptors (Lipinski definition) is 5. The average molecular weight is 370 g/mol. The van der Waals surface area contributed by atoms with Gasteiger partial charge in [-0.25, -0.2) is 9.29 Å². The van der Waals surface area contributed by atoms with Gasteiger partial charge in [0.2, 0.25) is 0 Å². The molecule has 4 rings (SSSR count). The lowest BCUT2D eigenvalue weighted by molar-refractivity contribution is 0.494. The van der Waals surface area contributed by atoms with E-state index in [0.717, 1.165) is 40.1 Å². The van der Waals surface area contributed by atoms with Crippen molar-refractivity contribution in [2.24, 2.45) is 25.9 Å². The molecule has 0 radical (unpaired) electrons. The van der Waals surface area contributed by atoms with Gasteiger partial charge in [0, 0.05) is 44.8 Å². The first-order valence-electron chi connectivity index (χ1n) is 7.84. The fraction of sp³-hybridized carbons (Fsp3) is 0.600. The first-order chi connectivity index (χ1) is 11.1. The number of fused-ring (bicyclic) bond motifs is 1. The van der Waals surface area contributed by atoms with Gasteiger partial charge in [0.05, 0.1) is 11.1 Å². The van der Waals surface area contributed by atoms with Crippen LogP contribution in [0.3, 0.4) is 0 Å². The number of hydrogen-bond donors (Lipinski definition) is 0. The Labute approximate surface area is 149 Å². The summed E-state index contributed by atoms with van der Waals surface area (Å²) in [5.74, 6) is 1.60. The van der Waals surface area contributed by atoms with Gasteiger partial charge in [-0.3, -0.25) is 4.68 Å². The van der Waals surface area contributed by atoms with Gasteiger partial charge in [0.1, 0.15) is 5.15 Å². The van der Waals surface area contributed by atoms with Crippen LogP contribution in [0.25, 0.3) is 0 Å². The molecule has 1 aliphatic heterocycles. The van der Waals surface area contributed by atoms with Crippen molar-refractivity contribution in [1.29, 1.82) is 0 Å². The van der Waals surface area contributed by atoms with Crippen molar-refractivity contribution in [2.45, 2.75) is 28.1 Å². The number of thioether (sulfide) groups is 1. The van der Waals surface area contributed by atoms with Crippen molar-refractivity contribution in [2.75, 3.05) is 13.1 Å². The Bertz CT molecular complexity index is 686. The summed E-state index contributed by atoms with van der Waals surface area (Å²) < 4.78 is 6.30. The minimum absolute atomic E-state index is 0.709. The molecule has 124 valence electrons. The molecule has 2 aromatic rings. The molecule has 1 saturated heterocycles. The number of aromatic nitrogens is 4. The standard InChI is InChI=1S/C15H20ClN5S2/c1-19-4-3-17-15(19)22-12-5-10-8-21(9-11(10)6-12)23-13-7-18-20(2)14(13)16/h3-4,7,10-12H,5-6,8-9H2,1-2H3/t10-,11?,12?/m0/s1. The molecule has 0 bridgehead atoms. The first-order valence-corrected chi connectivity index (χ1v) is 9.87. The molecule has 0 aromatic carbocycles. The molecule has 5 nitrogen and oxygen atoms in total. The summed E-state index contributed by atoms with van der Waals surface area (Å²) >= 11 is 9.97. The van der Waals surface area contributed by atoms with Crippen LogP contribution < -0.4 is 0 Å². The summed E-state index contributed by atoms with van der Waals surface area (Å²) in [5.41, 5.74) is 0. The van der Waals surface area contributed by atoms with Crippen molar-refractivity contribution < 1.29 is 0 Å². The lowest BCUT2D eigenvalue weighted by Gasteiger charge is -2.17. The van der Waals surface area contributed by atoms with Crippen LogP contribution >= 0.6 is 35.3 Å². The van der Waals surface area contributed by atoms with Gasteiger partial charge >= 0.3 is 0 Å². The average Bonchev–Trinajstić information content (AvgIpc) is 3.23. The Morgan fingerprint density at radius 1 is 1.22 bits per heavy atom. The third-order valence-corrected chi connectivity index (χ3v) is 7.72. The second kappa shape index (κ2) is 6.35. The lowest BCUT2D eigenvalue weighted by Crippen LogP contribution is -2.15. The van der Waals surface area contributed by atoms with Crippen LogP contribution in [0.15, 0.2) is 28.6 Å². The Hall–Kier alpha value is -0.630. The number of rotatable bonds is 4. The Kier molecular flexibility index (Phi) is 4.38. The molecule has 2 unspecified atom stereocenters. The van der Waals surface area contributed by atoms with Crippen molar-refractivity contribution in [3.05, 3.63) is 23.7 Å². The van der Waals surface area contributed by atoms with E-state index in [2.05, 4.69) is 26.0 Å². The molecule has 0 N–H and O–H groups in total. The van der Waals surface area contributed by atoms with Crippen molar-refractivity contribution in [1.82, 2.24) is 23.6 Å². The predicted octanol–water partition coefficient (Wildman–Crippen LogP) is 3.32. The van der Waals surface area contributed by atoms with Gasteiger partial charge in [-0.2, -0.15) is 5.10 Å². The Balaban J connectivity index is 1.33. The molecule has 23 heavy (non-hydrogen) atoms. The smallest absolute Gasteiger partial charge is 0.167 e. The van der Waals surface area contributed by atoms with Gasteiger partial charge in [0.15, 0.2) is 5.16 Å². The van der Waals surface area contributed by atoms with Crippen LogP contribution in [-0.4, -0.2) is 42.0 Å². The SMILES string of the molecule is Cn1ccnc1SC1CC2CN(Sc3cnn(C)c3Cl)C[C@@H]2C1. The zero-order chi connectivity index (χ0) is 16.0. The van der Waals surface area contributed by atoms with Crippen molar-refractivity contribution in [3.8, 4) is 0 Å². The lowest BCUT2D eigenvalue weighted by atomic mass is 10.0. The van der Waals surface area contributed by atoms with Crippen LogP contribution in [0, 0.1) is 11.8 Å². The third kappa shape index (κ3) is 3.16. The Morgan fingerprint density at radius 2 is 1.96 bits per heavy atom. The van der Waals surface area contributed by atoms with Gasteiger partial charge < -0.3 is 4.57 Å². The highest BCUT2D eigenvalue weighted by Crippen LogP contribution is 2.47. The van der Waals surface area contributed by atoms with E-state index in [1.807, 2.05) is 37.4 Å². The number of imidazole rings is 1. The second-order valence-electron chi connectivity index (χ2n) is 6.41. The number of aryl methyl sites for hydroxylation is 2. The minimum Gasteiger partial charge on any atom is -0.329 e. The largest absolute Gasteiger partial charge is 0.329 e. The summed E-state index contributed by atoms with van der Waals surface area (Å²) in [4.78, 5) is 5.51. The fourth-order valence-electron chi connectivity index (χ4n) is 3.59. The molecule has 2 aliphatic rings. The zero-order valence-electron chi connectivity index (χ0n) is 13.2. The molecule has 0 spiro atoms. The maximum atomic E-state index is 6.27. The molecular formula is C15H20ClN5S2. The van der Waals surface area contributed by atoms with E-state index in [4.69, 9.17) is 11.6 Å². The second-order valence-corrected chi connectivity index (χ2v) is 9.18. The molecule has 3 heterocycles. The van der Waals surface area contributed by atoms with Gasteiger partial charge in [-0.15, -0.1) is 0 Å². The Morgan fingerprint density at radius 3 is 2.52 bits per heavy atom. The highest BCUT2D eigenvalue weighted by atomic mass is 35.5. The molecule has 0 amide bonds. The molecule has 2 fully saturated rings. The quantitative estimate of drug-likeness (QED) is 0.773. The number of halogens is 1. The topological polar surface area (TPSA) is 38.9 Å². The molecule has 1 aliphatic carbocycles. The van der Waals surface area contributed by atoms with E-state index in [1.165, 1.54) is 12.8 Å². The maximum Gasteiger partial charge on any atom is 0.167 e. The van der Waals surface area contributed by atoms with Crippen LogP contribution in [-0.2, 0) is 14.1 Å². The minimum atomic E-state index is 0.709. The van der Waals surface area contributed by atoms with E-state index in [9.17, 15) is 0 Å². The molecule has 3 atom stereocenters. The van der Waals surface area contributed by atoms with E-state index in [-0.39, 0.29) is 0 Å². The van der Waals surface area contributed by atoms with E-state index >= 15 is 0 Å². The summed E-state index contributed by atoms with van der Waals surface area (Å²) in [6.07, 6.45) is 8.35. The highest BCUT2D eigenvalue weighted by Gasteiger charge is 2.42. The van der Waals surface area contributed by atoms with E-state index in [1.54, 1.807) is 16.6 Å². The predicted molar refractivity (Wildman–Crippen MR) is 94.7 cm³/mol. The first kappa shape index (κ1) is 15.9. The van der Waals surface area contributed by atoms with Crippen molar-refractivity contribution >= 4 is 35.3 Å². The van der Waals surface area contributed by atoms with E-state index in [0.29, 0.717) is 5.25 Å². The van der Waals surface area contributed by atoms with Crippen LogP contribution in [0.1, 0.15) is 12.8 Å². The normalized spacial score (nSPS) is 27.7. The maximum absolute atomic E-state index is 6.27. The van der Waals surface area contributed by atoms with Crippen LogP contribution in [0.4, 0.5) is 0 Å². The van der Waals surface area contributed by atoms with Gasteiger partial charge in [-0.05, 0) is 36.6 Å². The summed E-state index contributed by atoms with van der Waals surface area (Å²) in [7, 11) is 3.95. The molecule has 2 aromatic heterocycles. The molecule has 1 saturated carbocycles. The summed E-state index contributed by atoms with van der Waals surface area (Å²) in [5, 5.41) is 6.80. The van der Waals surface area contributed by atoms with Crippen molar-refractivity contribution in [3.63, 3.8) is 0 Å². The zero-order valence-corrected chi connectivity index (χ0v) is 15.6. The fourth-order valence-corrected chi connectivity index (χ4v) is 6.23. The molecule has 8 heteroatoms. The van der Waals surface area contributed by atoms with Gasteiger partial charge in [-0.1, -0.05) is 23.4 Å². The van der Waals surface area contributed by atoms with Gasteiger partial charge in [0.25, 0.3) is 0 Å². The monoisotopic (exact) mass is 369 g/mol. The summed E-state index contributed by atoms with van der Waals surface area (Å²) in [6.45, 7) is 2.30. The third-order valence-electron chi connectivity index (χ3n) is 4.79. The van der Waals surface area contributed by atoms with E-state index < -0.39 is 0 Å². The summed E-state index contributed by atoms with van der Waals surface area (Å²) in [6, 6.07) is 0. The number of nitrogens with zero attached hydrogens (tertiary/aromatic N) is 5. The highest BCUT2D eigenvalue weighted by molar-refractivity contribution is 7.99. The van der Waals surface area contributed by atoms with Crippen LogP contribution in [0.2, 0.25) is 5.15 Å². The molecular weight excluding hydrogens is 350 g/mol.